The predicted octanol–water partition coefficient (Wildman–Crippen LogP) is 3.61. The van der Waals surface area contributed by atoms with Crippen LogP contribution in [0.15, 0.2) is 18.2 Å². The topological polar surface area (TPSA) is 47.6 Å². The van der Waals surface area contributed by atoms with Crippen molar-refractivity contribution in [3.05, 3.63) is 23.8 Å². The number of nitrogens with one attached hydrogen (secondary N) is 1. The van der Waals surface area contributed by atoms with Crippen LogP contribution in [-0.2, 0) is 0 Å². The molecule has 1 aliphatic carbocycles. The van der Waals surface area contributed by atoms with Crippen molar-refractivity contribution >= 4 is 5.91 Å². The van der Waals surface area contributed by atoms with Crippen LogP contribution in [0.25, 0.3) is 0 Å². The summed E-state index contributed by atoms with van der Waals surface area (Å²) in [5.74, 6) is 3.19. The molecule has 3 atom stereocenters. The van der Waals surface area contributed by atoms with E-state index in [1.807, 2.05) is 0 Å². The molecule has 0 unspecified atom stereocenters. The van der Waals surface area contributed by atoms with Gasteiger partial charge in [0.15, 0.2) is 11.5 Å². The van der Waals surface area contributed by atoms with Crippen LogP contribution in [0, 0.1) is 17.8 Å². The van der Waals surface area contributed by atoms with Crippen molar-refractivity contribution in [2.45, 2.75) is 46.1 Å². The second-order valence-electron chi connectivity index (χ2n) is 6.97. The number of carbonyl (C=O) groups excluding carboxylic acids is 1. The smallest absolute Gasteiger partial charge is 0.251 e. The van der Waals surface area contributed by atoms with Crippen molar-refractivity contribution in [2.75, 3.05) is 6.79 Å². The third-order valence-electron chi connectivity index (χ3n) is 4.97. The van der Waals surface area contributed by atoms with Gasteiger partial charge in [0, 0.05) is 11.6 Å². The number of hydrogen-bond donors (Lipinski definition) is 1. The van der Waals surface area contributed by atoms with Gasteiger partial charge in [-0.1, -0.05) is 27.2 Å². The number of ether oxygens (including phenoxy) is 2. The van der Waals surface area contributed by atoms with Gasteiger partial charge in [-0.3, -0.25) is 4.79 Å². The van der Waals surface area contributed by atoms with E-state index in [1.54, 1.807) is 18.2 Å². The molecule has 4 nitrogen and oxygen atoms in total. The predicted molar refractivity (Wildman–Crippen MR) is 85.2 cm³/mol. The lowest BCUT2D eigenvalue weighted by Crippen LogP contribution is -2.45. The van der Waals surface area contributed by atoms with Crippen LogP contribution < -0.4 is 14.8 Å². The molecule has 1 heterocycles. The third kappa shape index (κ3) is 3.06. The van der Waals surface area contributed by atoms with E-state index in [2.05, 4.69) is 26.1 Å². The molecule has 1 aliphatic heterocycles. The SMILES string of the molecule is CC(C)[C@@H]1CC[C@@H](C)C[C@@H]1NC(=O)c1ccc2c(c1)OCO2. The van der Waals surface area contributed by atoms with Crippen molar-refractivity contribution in [1.29, 1.82) is 0 Å². The van der Waals surface area contributed by atoms with Crippen molar-refractivity contribution < 1.29 is 14.3 Å². The maximum absolute atomic E-state index is 12.6. The average Bonchev–Trinajstić information content (AvgIpc) is 2.94. The molecular weight excluding hydrogens is 278 g/mol. The highest BCUT2D eigenvalue weighted by molar-refractivity contribution is 5.95. The highest BCUT2D eigenvalue weighted by Crippen LogP contribution is 2.35. The number of fused-ring (bicyclic) bond motifs is 1. The lowest BCUT2D eigenvalue weighted by atomic mass is 9.74. The Kier molecular flexibility index (Phi) is 4.27. The molecule has 0 saturated heterocycles. The number of rotatable bonds is 3. The van der Waals surface area contributed by atoms with Crippen molar-refractivity contribution in [1.82, 2.24) is 5.32 Å². The first-order valence-electron chi connectivity index (χ1n) is 8.25. The second-order valence-corrected chi connectivity index (χ2v) is 6.97. The van der Waals surface area contributed by atoms with Crippen LogP contribution >= 0.6 is 0 Å². The number of hydrogen-bond acceptors (Lipinski definition) is 3. The first-order chi connectivity index (χ1) is 10.5. The Morgan fingerprint density at radius 1 is 1.23 bits per heavy atom. The standard InChI is InChI=1S/C18H25NO3/c1-11(2)14-6-4-12(3)8-15(14)19-18(20)13-5-7-16-17(9-13)22-10-21-16/h5,7,9,11-12,14-15H,4,6,8,10H2,1-3H3,(H,19,20)/t12-,14+,15+/m1/s1. The van der Waals surface area contributed by atoms with Gasteiger partial charge in [-0.15, -0.1) is 0 Å². The molecule has 3 rings (SSSR count). The molecule has 120 valence electrons. The average molecular weight is 303 g/mol. The normalized spacial score (nSPS) is 27.0. The first-order valence-corrected chi connectivity index (χ1v) is 8.25. The summed E-state index contributed by atoms with van der Waals surface area (Å²) >= 11 is 0. The zero-order chi connectivity index (χ0) is 15.7. The van der Waals surface area contributed by atoms with Gasteiger partial charge in [0.1, 0.15) is 0 Å². The summed E-state index contributed by atoms with van der Waals surface area (Å²) in [4.78, 5) is 12.6. The molecule has 1 aromatic rings. The van der Waals surface area contributed by atoms with E-state index in [-0.39, 0.29) is 18.7 Å². The first kappa shape index (κ1) is 15.2. The Bertz CT molecular complexity index is 555. The fourth-order valence-corrected chi connectivity index (χ4v) is 3.66. The molecular formula is C18H25NO3. The minimum atomic E-state index is -0.0111. The number of carbonyl (C=O) groups is 1. The molecule has 1 aromatic carbocycles. The lowest BCUT2D eigenvalue weighted by Gasteiger charge is -2.37. The largest absolute Gasteiger partial charge is 0.454 e. The lowest BCUT2D eigenvalue weighted by molar-refractivity contribution is 0.0867. The molecule has 1 amide bonds. The fraction of sp³-hybridized carbons (Fsp3) is 0.611. The summed E-state index contributed by atoms with van der Waals surface area (Å²) in [6.07, 6.45) is 3.53. The second kappa shape index (κ2) is 6.19. The third-order valence-corrected chi connectivity index (χ3v) is 4.97. The van der Waals surface area contributed by atoms with E-state index < -0.39 is 0 Å². The maximum Gasteiger partial charge on any atom is 0.251 e. The molecule has 4 heteroatoms. The molecule has 1 fully saturated rings. The van der Waals surface area contributed by atoms with E-state index in [0.29, 0.717) is 34.8 Å². The van der Waals surface area contributed by atoms with Crippen LogP contribution in [0.5, 0.6) is 11.5 Å². The van der Waals surface area contributed by atoms with Crippen molar-refractivity contribution in [2.24, 2.45) is 17.8 Å². The highest BCUT2D eigenvalue weighted by atomic mass is 16.7. The Balaban J connectivity index is 1.72. The zero-order valence-corrected chi connectivity index (χ0v) is 13.6. The van der Waals surface area contributed by atoms with Crippen LogP contribution in [0.4, 0.5) is 0 Å². The number of amides is 1. The van der Waals surface area contributed by atoms with Gasteiger partial charge in [-0.2, -0.15) is 0 Å². The zero-order valence-electron chi connectivity index (χ0n) is 13.6. The van der Waals surface area contributed by atoms with E-state index in [1.165, 1.54) is 12.8 Å². The van der Waals surface area contributed by atoms with Gasteiger partial charge in [-0.25, -0.2) is 0 Å². The summed E-state index contributed by atoms with van der Waals surface area (Å²) in [6, 6.07) is 5.65. The van der Waals surface area contributed by atoms with Gasteiger partial charge in [0.05, 0.1) is 0 Å². The van der Waals surface area contributed by atoms with Gasteiger partial charge < -0.3 is 14.8 Å². The van der Waals surface area contributed by atoms with E-state index in [9.17, 15) is 4.79 Å². The highest BCUT2D eigenvalue weighted by Gasteiger charge is 2.32. The number of benzene rings is 1. The van der Waals surface area contributed by atoms with Crippen LogP contribution in [-0.4, -0.2) is 18.7 Å². The Morgan fingerprint density at radius 2 is 2.00 bits per heavy atom. The molecule has 1 saturated carbocycles. The van der Waals surface area contributed by atoms with Crippen molar-refractivity contribution in [3.63, 3.8) is 0 Å². The molecule has 0 spiro atoms. The van der Waals surface area contributed by atoms with Gasteiger partial charge >= 0.3 is 0 Å². The minimum Gasteiger partial charge on any atom is -0.454 e. The monoisotopic (exact) mass is 303 g/mol. The van der Waals surface area contributed by atoms with E-state index >= 15 is 0 Å². The molecule has 0 radical (unpaired) electrons. The minimum absolute atomic E-state index is 0.0111. The van der Waals surface area contributed by atoms with Gasteiger partial charge in [-0.05, 0) is 48.8 Å². The molecule has 22 heavy (non-hydrogen) atoms. The Hall–Kier alpha value is -1.71. The summed E-state index contributed by atoms with van der Waals surface area (Å²) in [5.41, 5.74) is 0.644. The van der Waals surface area contributed by atoms with Crippen LogP contribution in [0.3, 0.4) is 0 Å². The van der Waals surface area contributed by atoms with Crippen LogP contribution in [0.2, 0.25) is 0 Å². The molecule has 0 bridgehead atoms. The van der Waals surface area contributed by atoms with Crippen LogP contribution in [0.1, 0.15) is 50.4 Å². The molecule has 0 aromatic heterocycles. The van der Waals surface area contributed by atoms with Gasteiger partial charge in [0.25, 0.3) is 5.91 Å². The summed E-state index contributed by atoms with van der Waals surface area (Å²) < 4.78 is 10.6. The Morgan fingerprint density at radius 3 is 2.77 bits per heavy atom. The summed E-state index contributed by atoms with van der Waals surface area (Å²) in [7, 11) is 0. The maximum atomic E-state index is 12.6. The van der Waals surface area contributed by atoms with Gasteiger partial charge in [0.2, 0.25) is 6.79 Å². The quantitative estimate of drug-likeness (QED) is 0.928. The summed E-state index contributed by atoms with van der Waals surface area (Å²) in [6.45, 7) is 7.01. The van der Waals surface area contributed by atoms with Crippen molar-refractivity contribution in [3.8, 4) is 11.5 Å². The van der Waals surface area contributed by atoms with E-state index in [4.69, 9.17) is 9.47 Å². The summed E-state index contributed by atoms with van der Waals surface area (Å²) in [5, 5.41) is 3.25. The Labute approximate surface area is 132 Å². The molecule has 1 N–H and O–H groups in total. The van der Waals surface area contributed by atoms with E-state index in [0.717, 1.165) is 6.42 Å². The fourth-order valence-electron chi connectivity index (χ4n) is 3.66. The molecule has 2 aliphatic rings.